The maximum atomic E-state index is 12.9. The van der Waals surface area contributed by atoms with Crippen LogP contribution in [0.5, 0.6) is 0 Å². The van der Waals surface area contributed by atoms with Crippen molar-refractivity contribution in [3.8, 4) is 0 Å². The third kappa shape index (κ3) is 3.81. The molecule has 3 rings (SSSR count). The maximum absolute atomic E-state index is 12.9. The third-order valence-electron chi connectivity index (χ3n) is 5.31. The van der Waals surface area contributed by atoms with Gasteiger partial charge in [-0.1, -0.05) is 54.9 Å². The SMILES string of the molecule is O=C(SCCN1CCCC1)[C@](O)(c1ccccc1)C1CCCC1. The Kier molecular flexibility index (Phi) is 5.78. The molecule has 0 amide bonds. The lowest BCUT2D eigenvalue weighted by atomic mass is 9.81. The number of nitrogens with zero attached hydrogens (tertiary/aromatic N) is 1. The molecule has 1 N–H and O–H groups in total. The highest BCUT2D eigenvalue weighted by atomic mass is 32.2. The smallest absolute Gasteiger partial charge is 0.225 e. The number of rotatable bonds is 6. The Bertz CT molecular complexity index is 509. The van der Waals surface area contributed by atoms with Crippen LogP contribution in [-0.2, 0) is 10.4 Å². The fraction of sp³-hybridized carbons (Fsp3) is 0.632. The number of aliphatic hydroxyl groups is 1. The van der Waals surface area contributed by atoms with Crippen LogP contribution in [0.15, 0.2) is 30.3 Å². The summed E-state index contributed by atoms with van der Waals surface area (Å²) in [5.74, 6) is 0.845. The summed E-state index contributed by atoms with van der Waals surface area (Å²) >= 11 is 1.32. The van der Waals surface area contributed by atoms with Gasteiger partial charge in [0.25, 0.3) is 0 Å². The van der Waals surface area contributed by atoms with E-state index >= 15 is 0 Å². The predicted molar refractivity (Wildman–Crippen MR) is 95.4 cm³/mol. The van der Waals surface area contributed by atoms with Gasteiger partial charge >= 0.3 is 0 Å². The molecule has 4 heteroatoms. The van der Waals surface area contributed by atoms with Crippen molar-refractivity contribution in [2.75, 3.05) is 25.4 Å². The lowest BCUT2D eigenvalue weighted by Gasteiger charge is -2.33. The Hall–Kier alpha value is -0.840. The highest BCUT2D eigenvalue weighted by Gasteiger charge is 2.46. The van der Waals surface area contributed by atoms with Crippen molar-refractivity contribution >= 4 is 16.9 Å². The molecule has 1 aromatic carbocycles. The third-order valence-corrected chi connectivity index (χ3v) is 6.27. The number of hydrogen-bond acceptors (Lipinski definition) is 4. The van der Waals surface area contributed by atoms with Crippen LogP contribution in [0.25, 0.3) is 0 Å². The molecule has 1 saturated carbocycles. The summed E-state index contributed by atoms with van der Waals surface area (Å²) in [6, 6.07) is 9.56. The van der Waals surface area contributed by atoms with Gasteiger partial charge in [0.2, 0.25) is 5.12 Å². The minimum Gasteiger partial charge on any atom is -0.376 e. The van der Waals surface area contributed by atoms with Gasteiger partial charge in [0.05, 0.1) is 0 Å². The lowest BCUT2D eigenvalue weighted by molar-refractivity contribution is -0.134. The van der Waals surface area contributed by atoms with Crippen molar-refractivity contribution in [2.24, 2.45) is 5.92 Å². The first-order chi connectivity index (χ1) is 11.2. The van der Waals surface area contributed by atoms with Crippen LogP contribution in [0.4, 0.5) is 0 Å². The molecule has 3 nitrogen and oxygen atoms in total. The molecule has 1 aliphatic carbocycles. The predicted octanol–water partition coefficient (Wildman–Crippen LogP) is 3.42. The van der Waals surface area contributed by atoms with E-state index in [4.69, 9.17) is 0 Å². The second-order valence-corrected chi connectivity index (χ2v) is 7.87. The quantitative estimate of drug-likeness (QED) is 0.866. The van der Waals surface area contributed by atoms with Crippen molar-refractivity contribution in [1.29, 1.82) is 0 Å². The summed E-state index contributed by atoms with van der Waals surface area (Å²) in [5, 5.41) is 11.3. The molecular formula is C19H27NO2S. The van der Waals surface area contributed by atoms with E-state index in [-0.39, 0.29) is 11.0 Å². The number of hydrogen-bond donors (Lipinski definition) is 1. The molecular weight excluding hydrogens is 306 g/mol. The Balaban J connectivity index is 1.68. The maximum Gasteiger partial charge on any atom is 0.225 e. The largest absolute Gasteiger partial charge is 0.376 e. The minimum absolute atomic E-state index is 0.0604. The summed E-state index contributed by atoms with van der Waals surface area (Å²) < 4.78 is 0. The zero-order valence-corrected chi connectivity index (χ0v) is 14.6. The van der Waals surface area contributed by atoms with E-state index in [1.807, 2.05) is 30.3 Å². The fourth-order valence-electron chi connectivity index (χ4n) is 3.94. The van der Waals surface area contributed by atoms with Crippen molar-refractivity contribution in [2.45, 2.75) is 44.1 Å². The molecule has 0 aromatic heterocycles. The Morgan fingerprint density at radius 1 is 1.13 bits per heavy atom. The van der Waals surface area contributed by atoms with E-state index in [2.05, 4.69) is 4.90 Å². The Morgan fingerprint density at radius 3 is 2.43 bits per heavy atom. The molecule has 0 radical (unpaired) electrons. The first-order valence-electron chi connectivity index (χ1n) is 8.89. The van der Waals surface area contributed by atoms with Gasteiger partial charge < -0.3 is 10.0 Å². The van der Waals surface area contributed by atoms with Gasteiger partial charge in [0.1, 0.15) is 0 Å². The van der Waals surface area contributed by atoms with Crippen molar-refractivity contribution < 1.29 is 9.90 Å². The zero-order chi connectivity index (χ0) is 16.1. The summed E-state index contributed by atoms with van der Waals surface area (Å²) in [6.07, 6.45) is 6.67. The van der Waals surface area contributed by atoms with Gasteiger partial charge in [0, 0.05) is 12.3 Å². The van der Waals surface area contributed by atoms with Gasteiger partial charge in [0.15, 0.2) is 5.60 Å². The average Bonchev–Trinajstić information content (AvgIpc) is 3.28. The molecule has 1 aromatic rings. The van der Waals surface area contributed by atoms with E-state index in [0.29, 0.717) is 0 Å². The van der Waals surface area contributed by atoms with Crippen LogP contribution < -0.4 is 0 Å². The topological polar surface area (TPSA) is 40.5 Å². The second-order valence-electron chi connectivity index (χ2n) is 6.80. The van der Waals surface area contributed by atoms with Crippen LogP contribution in [0.1, 0.15) is 44.1 Å². The molecule has 1 heterocycles. The molecule has 1 aliphatic heterocycles. The van der Waals surface area contributed by atoms with Gasteiger partial charge in [-0.2, -0.15) is 0 Å². The Labute approximate surface area is 143 Å². The second kappa shape index (κ2) is 7.82. The van der Waals surface area contributed by atoms with Crippen LogP contribution in [0.3, 0.4) is 0 Å². The van der Waals surface area contributed by atoms with E-state index in [9.17, 15) is 9.90 Å². The highest BCUT2D eigenvalue weighted by molar-refractivity contribution is 8.13. The summed E-state index contributed by atoms with van der Waals surface area (Å²) in [7, 11) is 0. The van der Waals surface area contributed by atoms with E-state index in [0.717, 1.165) is 56.6 Å². The average molecular weight is 333 g/mol. The number of carbonyl (C=O) groups is 1. The van der Waals surface area contributed by atoms with Crippen LogP contribution in [-0.4, -0.2) is 40.5 Å². The molecule has 1 atom stereocenters. The first kappa shape index (κ1) is 17.0. The van der Waals surface area contributed by atoms with Crippen LogP contribution in [0, 0.1) is 5.92 Å². The van der Waals surface area contributed by atoms with Crippen molar-refractivity contribution in [3.05, 3.63) is 35.9 Å². The van der Waals surface area contributed by atoms with Crippen LogP contribution >= 0.6 is 11.8 Å². The summed E-state index contributed by atoms with van der Waals surface area (Å²) in [4.78, 5) is 15.3. The van der Waals surface area contributed by atoms with E-state index in [1.54, 1.807) is 0 Å². The molecule has 0 spiro atoms. The zero-order valence-electron chi connectivity index (χ0n) is 13.7. The number of carbonyl (C=O) groups excluding carboxylic acids is 1. The summed E-state index contributed by atoms with van der Waals surface area (Å²) in [5.41, 5.74) is -0.543. The number of benzene rings is 1. The standard InChI is InChI=1S/C19H27NO2S/c21-18(23-15-14-20-12-6-7-13-20)19(22,17-10-4-5-11-17)16-8-2-1-3-9-16/h1-3,8-9,17,22H,4-7,10-15H2/t19-/m0/s1. The molecule has 126 valence electrons. The lowest BCUT2D eigenvalue weighted by Crippen LogP contribution is -2.41. The molecule has 2 fully saturated rings. The number of thioether (sulfide) groups is 1. The summed E-state index contributed by atoms with van der Waals surface area (Å²) in [6.45, 7) is 3.26. The first-order valence-corrected chi connectivity index (χ1v) is 9.87. The highest BCUT2D eigenvalue weighted by Crippen LogP contribution is 2.43. The van der Waals surface area contributed by atoms with Gasteiger partial charge in [-0.25, -0.2) is 0 Å². The normalized spacial score (nSPS) is 22.3. The molecule has 0 unspecified atom stereocenters. The number of likely N-dealkylation sites (tertiary alicyclic amines) is 1. The van der Waals surface area contributed by atoms with E-state index < -0.39 is 5.60 Å². The molecule has 2 aliphatic rings. The van der Waals surface area contributed by atoms with Crippen molar-refractivity contribution in [3.63, 3.8) is 0 Å². The van der Waals surface area contributed by atoms with Crippen molar-refractivity contribution in [1.82, 2.24) is 4.90 Å². The molecule has 0 bridgehead atoms. The van der Waals surface area contributed by atoms with E-state index in [1.165, 1.54) is 24.6 Å². The molecule has 23 heavy (non-hydrogen) atoms. The van der Waals surface area contributed by atoms with Crippen LogP contribution in [0.2, 0.25) is 0 Å². The fourth-order valence-corrected chi connectivity index (χ4v) is 4.98. The Morgan fingerprint density at radius 2 is 1.78 bits per heavy atom. The van der Waals surface area contributed by atoms with Gasteiger partial charge in [-0.3, -0.25) is 4.79 Å². The minimum atomic E-state index is -1.31. The van der Waals surface area contributed by atoms with Gasteiger partial charge in [-0.05, 0) is 50.3 Å². The van der Waals surface area contributed by atoms with Gasteiger partial charge in [-0.15, -0.1) is 0 Å². The molecule has 1 saturated heterocycles. The monoisotopic (exact) mass is 333 g/mol.